The smallest absolute Gasteiger partial charge is 0.423 e. The van der Waals surface area contributed by atoms with E-state index in [0.717, 1.165) is 38.3 Å². The first-order chi connectivity index (χ1) is 10.2. The molecular weight excluding hydrogens is 274 g/mol. The van der Waals surface area contributed by atoms with Crippen LogP contribution >= 0.6 is 0 Å². The van der Waals surface area contributed by atoms with Crippen LogP contribution in [0.5, 0.6) is 0 Å². The molecule has 0 saturated carbocycles. The van der Waals surface area contributed by atoms with Crippen molar-refractivity contribution in [1.29, 1.82) is 0 Å². The summed E-state index contributed by atoms with van der Waals surface area (Å²) in [5.74, 6) is -0.499. The van der Waals surface area contributed by atoms with Crippen LogP contribution in [-0.4, -0.2) is 61.5 Å². The van der Waals surface area contributed by atoms with Crippen LogP contribution in [0.4, 0.5) is 10.1 Å². The molecule has 0 aliphatic carbocycles. The first-order valence-corrected chi connectivity index (χ1v) is 7.39. The fourth-order valence-electron chi connectivity index (χ4n) is 2.84. The highest BCUT2D eigenvalue weighted by atomic mass is 19.1. The minimum atomic E-state index is -1.78. The third-order valence-corrected chi connectivity index (χ3v) is 4.21. The summed E-state index contributed by atoms with van der Waals surface area (Å²) in [7, 11) is -1.78. The molecule has 2 heterocycles. The summed E-state index contributed by atoms with van der Waals surface area (Å²) in [5.41, 5.74) is 1.34. The van der Waals surface area contributed by atoms with Crippen molar-refractivity contribution >= 4 is 18.3 Å². The van der Waals surface area contributed by atoms with Crippen LogP contribution in [0.2, 0.25) is 0 Å². The number of morpholine rings is 1. The molecule has 2 N–H and O–H groups in total. The highest BCUT2D eigenvalue weighted by molar-refractivity contribution is 6.58. The SMILES string of the molecule is OB(O)c1ccc(N2CCOCC2)c(CN2CCC2)c1F. The summed E-state index contributed by atoms with van der Waals surface area (Å²) in [6.07, 6.45) is 1.14. The monoisotopic (exact) mass is 294 g/mol. The van der Waals surface area contributed by atoms with Crippen LogP contribution in [0, 0.1) is 5.82 Å². The van der Waals surface area contributed by atoms with Crippen LogP contribution in [0.3, 0.4) is 0 Å². The number of ether oxygens (including phenoxy) is 1. The van der Waals surface area contributed by atoms with Crippen molar-refractivity contribution in [2.24, 2.45) is 0 Å². The summed E-state index contributed by atoms with van der Waals surface area (Å²) in [6, 6.07) is 3.25. The van der Waals surface area contributed by atoms with Crippen molar-refractivity contribution in [2.75, 3.05) is 44.3 Å². The van der Waals surface area contributed by atoms with Crippen LogP contribution in [0.15, 0.2) is 12.1 Å². The van der Waals surface area contributed by atoms with Gasteiger partial charge in [0.25, 0.3) is 0 Å². The van der Waals surface area contributed by atoms with Gasteiger partial charge in [-0.25, -0.2) is 4.39 Å². The van der Waals surface area contributed by atoms with Gasteiger partial charge in [0.15, 0.2) is 0 Å². The average Bonchev–Trinajstić information content (AvgIpc) is 2.44. The van der Waals surface area contributed by atoms with Gasteiger partial charge in [0.05, 0.1) is 13.2 Å². The van der Waals surface area contributed by atoms with Crippen LogP contribution < -0.4 is 10.4 Å². The normalized spacial score (nSPS) is 19.5. The van der Waals surface area contributed by atoms with Gasteiger partial charge in [0, 0.05) is 36.3 Å². The summed E-state index contributed by atoms with van der Waals surface area (Å²) in [5, 5.41) is 18.6. The Morgan fingerprint density at radius 2 is 1.86 bits per heavy atom. The number of halogens is 1. The molecule has 0 unspecified atom stereocenters. The molecule has 2 fully saturated rings. The second-order valence-corrected chi connectivity index (χ2v) is 5.57. The first-order valence-electron chi connectivity index (χ1n) is 7.39. The molecule has 1 aromatic carbocycles. The highest BCUT2D eigenvalue weighted by Crippen LogP contribution is 2.26. The van der Waals surface area contributed by atoms with E-state index in [-0.39, 0.29) is 5.46 Å². The van der Waals surface area contributed by atoms with Crippen LogP contribution in [0.25, 0.3) is 0 Å². The Morgan fingerprint density at radius 3 is 2.43 bits per heavy atom. The maximum Gasteiger partial charge on any atom is 0.491 e. The molecule has 21 heavy (non-hydrogen) atoms. The minimum absolute atomic E-state index is 0.0532. The first kappa shape index (κ1) is 14.8. The highest BCUT2D eigenvalue weighted by Gasteiger charge is 2.26. The lowest BCUT2D eigenvalue weighted by molar-refractivity contribution is 0.122. The fourth-order valence-corrected chi connectivity index (χ4v) is 2.84. The molecule has 3 rings (SSSR count). The van der Waals surface area contributed by atoms with Gasteiger partial charge in [0.1, 0.15) is 5.82 Å². The molecule has 1 aromatic rings. The van der Waals surface area contributed by atoms with E-state index in [0.29, 0.717) is 25.3 Å². The van der Waals surface area contributed by atoms with E-state index in [1.165, 1.54) is 6.07 Å². The van der Waals surface area contributed by atoms with Gasteiger partial charge in [-0.3, -0.25) is 4.90 Å². The zero-order chi connectivity index (χ0) is 14.8. The Labute approximate surface area is 124 Å². The molecule has 114 valence electrons. The average molecular weight is 294 g/mol. The Bertz CT molecular complexity index is 505. The third kappa shape index (κ3) is 3.06. The lowest BCUT2D eigenvalue weighted by atomic mass is 9.78. The standard InChI is InChI=1S/C14H20BFN2O3/c16-14-11(10-17-4-1-5-17)13(3-2-12(14)15(19)20)18-6-8-21-9-7-18/h2-3,19-20H,1,4-10H2. The van der Waals surface area contributed by atoms with E-state index in [9.17, 15) is 14.4 Å². The number of likely N-dealkylation sites (tertiary alicyclic amines) is 1. The van der Waals surface area contributed by atoms with Gasteiger partial charge < -0.3 is 19.7 Å². The fraction of sp³-hybridized carbons (Fsp3) is 0.571. The van der Waals surface area contributed by atoms with Gasteiger partial charge >= 0.3 is 7.12 Å². The Kier molecular flexibility index (Phi) is 4.44. The van der Waals surface area contributed by atoms with E-state index in [1.807, 2.05) is 0 Å². The predicted octanol–water partition coefficient (Wildman–Crippen LogP) is -0.452. The second kappa shape index (κ2) is 6.31. The van der Waals surface area contributed by atoms with Crippen molar-refractivity contribution in [2.45, 2.75) is 13.0 Å². The zero-order valence-electron chi connectivity index (χ0n) is 12.0. The van der Waals surface area contributed by atoms with E-state index in [1.54, 1.807) is 6.07 Å². The minimum Gasteiger partial charge on any atom is -0.423 e. The molecule has 5 nitrogen and oxygen atoms in total. The van der Waals surface area contributed by atoms with Crippen LogP contribution in [0.1, 0.15) is 12.0 Å². The number of nitrogens with zero attached hydrogens (tertiary/aromatic N) is 2. The number of hydrogen-bond acceptors (Lipinski definition) is 5. The topological polar surface area (TPSA) is 56.2 Å². The Morgan fingerprint density at radius 1 is 1.14 bits per heavy atom. The molecule has 0 radical (unpaired) electrons. The molecule has 0 aromatic heterocycles. The molecule has 0 spiro atoms. The lowest BCUT2D eigenvalue weighted by Gasteiger charge is -2.35. The van der Waals surface area contributed by atoms with E-state index in [2.05, 4.69) is 9.80 Å². The van der Waals surface area contributed by atoms with Gasteiger partial charge in [-0.05, 0) is 25.6 Å². The van der Waals surface area contributed by atoms with Gasteiger partial charge in [-0.1, -0.05) is 6.07 Å². The molecule has 2 aliphatic heterocycles. The van der Waals surface area contributed by atoms with Gasteiger partial charge in [-0.15, -0.1) is 0 Å². The molecule has 0 amide bonds. The summed E-state index contributed by atoms with van der Waals surface area (Å²) in [4.78, 5) is 4.27. The number of anilines is 1. The van der Waals surface area contributed by atoms with Gasteiger partial charge in [0.2, 0.25) is 0 Å². The number of rotatable bonds is 4. The van der Waals surface area contributed by atoms with Crippen molar-refractivity contribution in [3.63, 3.8) is 0 Å². The maximum absolute atomic E-state index is 14.7. The van der Waals surface area contributed by atoms with E-state index < -0.39 is 12.9 Å². The maximum atomic E-state index is 14.7. The predicted molar refractivity (Wildman–Crippen MR) is 79.2 cm³/mol. The lowest BCUT2D eigenvalue weighted by Crippen LogP contribution is -2.41. The van der Waals surface area contributed by atoms with Crippen molar-refractivity contribution in [3.05, 3.63) is 23.5 Å². The zero-order valence-corrected chi connectivity index (χ0v) is 12.0. The molecular formula is C14H20BFN2O3. The van der Waals surface area contributed by atoms with Gasteiger partial charge in [-0.2, -0.15) is 0 Å². The van der Waals surface area contributed by atoms with Crippen molar-refractivity contribution in [1.82, 2.24) is 4.90 Å². The Balaban J connectivity index is 1.94. The Hall–Kier alpha value is -1.15. The third-order valence-electron chi connectivity index (χ3n) is 4.21. The summed E-state index contributed by atoms with van der Waals surface area (Å²) < 4.78 is 20.0. The van der Waals surface area contributed by atoms with Crippen molar-refractivity contribution < 1.29 is 19.2 Å². The summed E-state index contributed by atoms with van der Waals surface area (Å²) in [6.45, 7) is 5.17. The molecule has 0 atom stereocenters. The van der Waals surface area contributed by atoms with E-state index >= 15 is 0 Å². The van der Waals surface area contributed by atoms with Crippen molar-refractivity contribution in [3.8, 4) is 0 Å². The quantitative estimate of drug-likeness (QED) is 0.737. The largest absolute Gasteiger partial charge is 0.491 e. The second-order valence-electron chi connectivity index (χ2n) is 5.57. The van der Waals surface area contributed by atoms with Crippen LogP contribution in [-0.2, 0) is 11.3 Å². The molecule has 2 aliphatic rings. The number of benzene rings is 1. The number of hydrogen-bond donors (Lipinski definition) is 2. The molecule has 0 bridgehead atoms. The van der Waals surface area contributed by atoms with E-state index in [4.69, 9.17) is 4.74 Å². The molecule has 7 heteroatoms. The molecule has 2 saturated heterocycles. The summed E-state index contributed by atoms with van der Waals surface area (Å²) >= 11 is 0.